The van der Waals surface area contributed by atoms with Crippen LogP contribution < -0.4 is 23.4 Å². The summed E-state index contributed by atoms with van der Waals surface area (Å²) < 4.78 is 30.0. The third kappa shape index (κ3) is 5.24. The Bertz CT molecular complexity index is 1770. The van der Waals surface area contributed by atoms with Gasteiger partial charge in [0.1, 0.15) is 0 Å². The molecule has 45 heavy (non-hydrogen) atoms. The van der Waals surface area contributed by atoms with Crippen LogP contribution in [0.15, 0.2) is 97.1 Å². The molecule has 0 fully saturated rings. The molecule has 0 atom stereocenters. The Labute approximate surface area is 266 Å². The average Bonchev–Trinajstić information content (AvgIpc) is 2.99. The summed E-state index contributed by atoms with van der Waals surface area (Å²) in [5, 5.41) is 0.702. The van der Waals surface area contributed by atoms with Crippen molar-refractivity contribution in [3.8, 4) is 23.0 Å². The van der Waals surface area contributed by atoms with Gasteiger partial charge in [-0.05, 0) is 0 Å². The molecule has 6 heteroatoms. The van der Waals surface area contributed by atoms with Gasteiger partial charge in [-0.3, -0.25) is 0 Å². The molecule has 2 bridgehead atoms. The minimum absolute atomic E-state index is 0.596. The second-order valence-corrected chi connectivity index (χ2v) is 15.6. The van der Waals surface area contributed by atoms with Gasteiger partial charge in [0, 0.05) is 0 Å². The molecule has 8 rings (SSSR count). The fourth-order valence-electron chi connectivity index (χ4n) is 6.89. The summed E-state index contributed by atoms with van der Waals surface area (Å²) in [5.74, 6) is 2.78. The zero-order chi connectivity index (χ0) is 31.4. The van der Waals surface area contributed by atoms with Crippen LogP contribution in [-0.2, 0) is 19.6 Å². The van der Waals surface area contributed by atoms with Crippen molar-refractivity contribution in [3.05, 3.63) is 147 Å². The Morgan fingerprint density at radius 2 is 0.889 bits per heavy atom. The van der Waals surface area contributed by atoms with E-state index >= 15 is 0 Å². The molecule has 5 aromatic rings. The van der Waals surface area contributed by atoms with Gasteiger partial charge in [0.2, 0.25) is 0 Å². The molecule has 3 aliphatic rings. The van der Waals surface area contributed by atoms with Crippen molar-refractivity contribution >= 4 is 12.8 Å². The molecule has 0 N–H and O–H groups in total. The number of benzene rings is 5. The van der Waals surface area contributed by atoms with Gasteiger partial charge >= 0.3 is 267 Å². The fourth-order valence-corrected chi connectivity index (χ4v) is 10.4. The van der Waals surface area contributed by atoms with E-state index in [-0.39, 0.29) is 0 Å². The van der Waals surface area contributed by atoms with Gasteiger partial charge in [0.15, 0.2) is 0 Å². The van der Waals surface area contributed by atoms with E-state index in [0.29, 0.717) is 30.7 Å². The summed E-state index contributed by atoms with van der Waals surface area (Å²) in [4.78, 5) is 2.47. The molecule has 0 aromatic heterocycles. The van der Waals surface area contributed by atoms with Crippen molar-refractivity contribution in [1.29, 1.82) is 0 Å². The van der Waals surface area contributed by atoms with Crippen molar-refractivity contribution in [2.45, 2.75) is 61.2 Å². The van der Waals surface area contributed by atoms with Crippen molar-refractivity contribution in [1.82, 2.24) is 4.90 Å². The number of nitrogens with zero attached hydrogens (tertiary/aromatic N) is 1. The summed E-state index contributed by atoms with van der Waals surface area (Å²) in [6.07, 6.45) is 0. The molecule has 0 spiro atoms. The van der Waals surface area contributed by atoms with Gasteiger partial charge in [0.25, 0.3) is 0 Å². The van der Waals surface area contributed by atoms with Gasteiger partial charge in [0.05, 0.1) is 0 Å². The van der Waals surface area contributed by atoms with Gasteiger partial charge in [-0.15, -0.1) is 0 Å². The van der Waals surface area contributed by atoms with E-state index in [1.165, 1.54) is 16.7 Å². The van der Waals surface area contributed by atoms with Crippen LogP contribution in [0.3, 0.4) is 0 Å². The predicted octanol–water partition coefficient (Wildman–Crippen LogP) is 9.52. The number of aryl methyl sites for hydroxylation is 6. The van der Waals surface area contributed by atoms with Crippen LogP contribution in [0.5, 0.6) is 23.0 Å². The minimum atomic E-state index is -4.94. The molecule has 5 aromatic carbocycles. The first-order valence-corrected chi connectivity index (χ1v) is 17.5. The summed E-state index contributed by atoms with van der Waals surface area (Å²) in [6.45, 7) is 14.7. The van der Waals surface area contributed by atoms with E-state index in [1.54, 1.807) is 0 Å². The number of hydrogen-bond acceptors (Lipinski definition) is 5. The summed E-state index contributed by atoms with van der Waals surface area (Å²) in [7, 11) is -4.94. The molecular formula is C39H40NO4P. The predicted molar refractivity (Wildman–Crippen MR) is 183 cm³/mol. The Morgan fingerprint density at radius 1 is 0.511 bits per heavy atom. The number of para-hydroxylation sites is 1. The fraction of sp³-hybridized carbons (Fsp3) is 0.231. The molecule has 0 amide bonds. The summed E-state index contributed by atoms with van der Waals surface area (Å²) in [6, 6.07) is 32.9. The first kappa shape index (κ1) is 29.4. The number of rotatable bonds is 3. The van der Waals surface area contributed by atoms with Crippen LogP contribution in [0.4, 0.5) is 0 Å². The summed E-state index contributed by atoms with van der Waals surface area (Å²) >= 11 is 0. The molecule has 230 valence electrons. The van der Waals surface area contributed by atoms with Gasteiger partial charge in [-0.1, -0.05) is 0 Å². The Hall–Kier alpha value is -4.31. The van der Waals surface area contributed by atoms with Crippen molar-refractivity contribution in [3.63, 3.8) is 0 Å². The van der Waals surface area contributed by atoms with Crippen LogP contribution in [-0.4, -0.2) is 4.90 Å². The van der Waals surface area contributed by atoms with Gasteiger partial charge in [-0.25, -0.2) is 0 Å². The van der Waals surface area contributed by atoms with Crippen molar-refractivity contribution in [2.24, 2.45) is 0 Å². The topological polar surface area (TPSA) is 40.2 Å². The summed E-state index contributed by atoms with van der Waals surface area (Å²) in [5.41, 5.74) is 9.74. The molecule has 0 aliphatic carbocycles. The Morgan fingerprint density at radius 3 is 1.29 bits per heavy atom. The van der Waals surface area contributed by atoms with E-state index in [2.05, 4.69) is 82.8 Å². The van der Waals surface area contributed by atoms with Crippen LogP contribution in [0.1, 0.15) is 50.1 Å². The zero-order valence-corrected chi connectivity index (χ0v) is 27.8. The molecule has 0 radical (unpaired) electrons. The standard InChI is InChI=1S/C39H40NO4P/c1-26-17-29(4)37-32(20-26)23-40-24-33-21-27(2)18-30(5)38(33)43-45(42-37,36-15-11-8-12-16-36,41-35-13-9-7-10-14-35)44-39-31(6)19-28(3)22-34(39)25-40/h7-22H,23-25H2,1-6H3. The zero-order valence-electron chi connectivity index (χ0n) is 26.9. The quantitative estimate of drug-likeness (QED) is 0.189. The van der Waals surface area contributed by atoms with Crippen molar-refractivity contribution < 1.29 is 18.1 Å². The van der Waals surface area contributed by atoms with E-state index < -0.39 is 7.51 Å². The third-order valence-electron chi connectivity index (χ3n) is 8.60. The second-order valence-electron chi connectivity index (χ2n) is 12.7. The SMILES string of the molecule is Cc1cc(C)c2c(c1)CN1Cc3cc(C)cc(C)c3OP(Oc3ccccc3)(c3ccccc3)(O2)Oc2c(C)cc(C)cc2C1. The molecule has 5 nitrogen and oxygen atoms in total. The van der Waals surface area contributed by atoms with Crippen LogP contribution in [0.2, 0.25) is 0 Å². The normalized spacial score (nSPS) is 18.5. The molecule has 3 heterocycles. The first-order chi connectivity index (χ1) is 21.6. The van der Waals surface area contributed by atoms with Crippen molar-refractivity contribution in [2.75, 3.05) is 0 Å². The van der Waals surface area contributed by atoms with E-state index in [9.17, 15) is 0 Å². The van der Waals surface area contributed by atoms with E-state index in [0.717, 1.165) is 50.6 Å². The average molecular weight is 618 g/mol. The first-order valence-electron chi connectivity index (χ1n) is 15.6. The molecular weight excluding hydrogens is 577 g/mol. The Balaban J connectivity index is 1.68. The van der Waals surface area contributed by atoms with Crippen LogP contribution in [0.25, 0.3) is 0 Å². The van der Waals surface area contributed by atoms with E-state index in [1.807, 2.05) is 60.7 Å². The third-order valence-corrected chi connectivity index (χ3v) is 11.8. The molecule has 0 saturated carbocycles. The van der Waals surface area contributed by atoms with Crippen LogP contribution >= 0.6 is 7.51 Å². The van der Waals surface area contributed by atoms with Crippen LogP contribution in [0, 0.1) is 41.5 Å². The monoisotopic (exact) mass is 617 g/mol. The number of hydrogen-bond donors (Lipinski definition) is 0. The van der Waals surface area contributed by atoms with Gasteiger partial charge in [-0.2, -0.15) is 0 Å². The maximum atomic E-state index is 7.57. The molecule has 3 aliphatic heterocycles. The molecule has 0 unspecified atom stereocenters. The van der Waals surface area contributed by atoms with E-state index in [4.69, 9.17) is 18.1 Å². The van der Waals surface area contributed by atoms with Gasteiger partial charge < -0.3 is 0 Å². The maximum absolute atomic E-state index is 7.57. The Kier molecular flexibility index (Phi) is 7.15. The second kappa shape index (κ2) is 10.9. The molecule has 0 saturated heterocycles.